The number of ether oxygens (including phenoxy) is 1. The van der Waals surface area contributed by atoms with Gasteiger partial charge < -0.3 is 20.2 Å². The van der Waals surface area contributed by atoms with Gasteiger partial charge in [-0.1, -0.05) is 25.5 Å². The molecular formula is C17H19N3O4. The fourth-order valence-electron chi connectivity index (χ4n) is 2.11. The van der Waals surface area contributed by atoms with E-state index in [0.29, 0.717) is 5.69 Å². The van der Waals surface area contributed by atoms with Crippen molar-refractivity contribution in [1.29, 1.82) is 0 Å². The van der Waals surface area contributed by atoms with Crippen molar-refractivity contribution in [3.63, 3.8) is 0 Å². The minimum absolute atomic E-state index is 0.0347. The Bertz CT molecular complexity index is 701. The second-order valence-electron chi connectivity index (χ2n) is 5.22. The minimum Gasteiger partial charge on any atom is -0.476 e. The highest BCUT2D eigenvalue weighted by Crippen LogP contribution is 2.22. The van der Waals surface area contributed by atoms with E-state index >= 15 is 0 Å². The summed E-state index contributed by atoms with van der Waals surface area (Å²) in [4.78, 5) is 25.7. The summed E-state index contributed by atoms with van der Waals surface area (Å²) < 4.78 is 5.19. The highest BCUT2D eigenvalue weighted by Gasteiger charge is 2.16. The Morgan fingerprint density at radius 2 is 2.04 bits per heavy atom. The molecule has 0 spiro atoms. The summed E-state index contributed by atoms with van der Waals surface area (Å²) in [6, 6.07) is 10.5. The molecule has 0 aliphatic carbocycles. The van der Waals surface area contributed by atoms with Gasteiger partial charge in [-0.3, -0.25) is 4.79 Å². The molecule has 1 aromatic carbocycles. The van der Waals surface area contributed by atoms with Crippen LogP contribution in [-0.4, -0.2) is 22.4 Å². The number of nitrogens with zero attached hydrogens (tertiary/aromatic N) is 2. The molecule has 0 saturated heterocycles. The molecule has 7 heteroatoms. The van der Waals surface area contributed by atoms with E-state index < -0.39 is 16.6 Å². The van der Waals surface area contributed by atoms with Crippen molar-refractivity contribution in [3.8, 4) is 5.75 Å². The largest absolute Gasteiger partial charge is 0.476 e. The monoisotopic (exact) mass is 329 g/mol. The van der Waals surface area contributed by atoms with Gasteiger partial charge in [0.1, 0.15) is 6.20 Å². The summed E-state index contributed by atoms with van der Waals surface area (Å²) in [6.07, 6.45) is 4.57. The number of carbonyl (C=O) groups excluding carboxylic acids is 1. The second-order valence-corrected chi connectivity index (χ2v) is 5.22. The molecule has 0 aliphatic rings. The third-order valence-corrected chi connectivity index (χ3v) is 3.34. The fraction of sp³-hybridized carbons (Fsp3) is 0.294. The number of anilines is 1. The first kappa shape index (κ1) is 17.4. The maximum absolute atomic E-state index is 11.9. The molecule has 0 atom stereocenters. The SMILES string of the molecule is CCCCc1ccc(NC(=O)COc2cccnc2[N+](=O)[O-])cc1. The number of nitro groups is 1. The number of rotatable bonds is 8. The van der Waals surface area contributed by atoms with Crippen molar-refractivity contribution < 1.29 is 14.5 Å². The van der Waals surface area contributed by atoms with Crippen LogP contribution in [0.2, 0.25) is 0 Å². The summed E-state index contributed by atoms with van der Waals surface area (Å²) in [5, 5.41) is 13.5. The van der Waals surface area contributed by atoms with Crippen LogP contribution in [0.25, 0.3) is 0 Å². The van der Waals surface area contributed by atoms with Crippen LogP contribution in [0.15, 0.2) is 42.6 Å². The lowest BCUT2D eigenvalue weighted by atomic mass is 10.1. The molecule has 7 nitrogen and oxygen atoms in total. The zero-order valence-corrected chi connectivity index (χ0v) is 13.4. The Labute approximate surface area is 139 Å². The van der Waals surface area contributed by atoms with Gasteiger partial charge in [0.2, 0.25) is 5.75 Å². The second kappa shape index (κ2) is 8.61. The van der Waals surface area contributed by atoms with Crippen molar-refractivity contribution in [2.24, 2.45) is 0 Å². The summed E-state index contributed by atoms with van der Waals surface area (Å²) in [7, 11) is 0. The van der Waals surface area contributed by atoms with Gasteiger partial charge in [0.25, 0.3) is 5.91 Å². The summed E-state index contributed by atoms with van der Waals surface area (Å²) >= 11 is 0. The van der Waals surface area contributed by atoms with Crippen molar-refractivity contribution in [1.82, 2.24) is 4.98 Å². The molecule has 0 saturated carbocycles. The van der Waals surface area contributed by atoms with Gasteiger partial charge in [0.05, 0.1) is 0 Å². The average Bonchev–Trinajstić information content (AvgIpc) is 2.59. The Kier molecular flexibility index (Phi) is 6.24. The van der Waals surface area contributed by atoms with Crippen LogP contribution < -0.4 is 10.1 Å². The van der Waals surface area contributed by atoms with E-state index in [4.69, 9.17) is 4.74 Å². The van der Waals surface area contributed by atoms with Gasteiger partial charge in [-0.25, -0.2) is 0 Å². The topological polar surface area (TPSA) is 94.4 Å². The fourth-order valence-corrected chi connectivity index (χ4v) is 2.11. The average molecular weight is 329 g/mol. The standard InChI is InChI=1S/C17H19N3O4/c1-2-3-5-13-7-9-14(10-8-13)19-16(21)12-24-15-6-4-11-18-17(15)20(22)23/h4,6-11H,2-3,5,12H2,1H3,(H,19,21). The summed E-state index contributed by atoms with van der Waals surface area (Å²) in [6.45, 7) is 1.81. The minimum atomic E-state index is -0.651. The van der Waals surface area contributed by atoms with E-state index in [1.165, 1.54) is 23.9 Å². The molecule has 1 N–H and O–H groups in total. The summed E-state index contributed by atoms with van der Waals surface area (Å²) in [5.41, 5.74) is 1.88. The number of aromatic nitrogens is 1. The van der Waals surface area contributed by atoms with Crippen molar-refractivity contribution in [3.05, 3.63) is 58.3 Å². The summed E-state index contributed by atoms with van der Waals surface area (Å²) in [5.74, 6) is -0.840. The molecular weight excluding hydrogens is 310 g/mol. The normalized spacial score (nSPS) is 10.2. The number of pyridine rings is 1. The molecule has 24 heavy (non-hydrogen) atoms. The third-order valence-electron chi connectivity index (χ3n) is 3.34. The number of hydrogen-bond acceptors (Lipinski definition) is 5. The maximum Gasteiger partial charge on any atom is 0.406 e. The number of benzene rings is 1. The molecule has 0 aliphatic heterocycles. The lowest BCUT2D eigenvalue weighted by Gasteiger charge is -2.08. The molecule has 126 valence electrons. The van der Waals surface area contributed by atoms with E-state index in [2.05, 4.69) is 17.2 Å². The lowest BCUT2D eigenvalue weighted by Crippen LogP contribution is -2.20. The predicted molar refractivity (Wildman–Crippen MR) is 90.1 cm³/mol. The van der Waals surface area contributed by atoms with Crippen LogP contribution in [0.1, 0.15) is 25.3 Å². The molecule has 0 fully saturated rings. The Hall–Kier alpha value is -2.96. The molecule has 0 unspecified atom stereocenters. The Balaban J connectivity index is 1.88. The predicted octanol–water partition coefficient (Wildman–Crippen LogP) is 3.35. The van der Waals surface area contributed by atoms with Gasteiger partial charge in [-0.15, -0.1) is 0 Å². The van der Waals surface area contributed by atoms with Crippen molar-refractivity contribution >= 4 is 17.4 Å². The van der Waals surface area contributed by atoms with Crippen LogP contribution in [0, 0.1) is 10.1 Å². The number of hydrogen-bond donors (Lipinski definition) is 1. The first-order valence-corrected chi connectivity index (χ1v) is 7.71. The number of unbranched alkanes of at least 4 members (excludes halogenated alkanes) is 1. The Morgan fingerprint density at radius 1 is 1.29 bits per heavy atom. The first-order chi connectivity index (χ1) is 11.6. The van der Waals surface area contributed by atoms with E-state index in [-0.39, 0.29) is 12.4 Å². The lowest BCUT2D eigenvalue weighted by molar-refractivity contribution is -0.390. The van der Waals surface area contributed by atoms with E-state index in [9.17, 15) is 14.9 Å². The van der Waals surface area contributed by atoms with E-state index in [1.807, 2.05) is 24.3 Å². The number of aryl methyl sites for hydroxylation is 1. The first-order valence-electron chi connectivity index (χ1n) is 7.71. The van der Waals surface area contributed by atoms with Gasteiger partial charge in [0.15, 0.2) is 6.61 Å². The van der Waals surface area contributed by atoms with Crippen LogP contribution in [0.4, 0.5) is 11.5 Å². The molecule has 1 amide bonds. The number of nitrogens with one attached hydrogen (secondary N) is 1. The molecule has 2 aromatic rings. The Morgan fingerprint density at radius 3 is 2.71 bits per heavy atom. The van der Waals surface area contributed by atoms with Gasteiger partial charge >= 0.3 is 5.82 Å². The molecule has 2 rings (SSSR count). The van der Waals surface area contributed by atoms with E-state index in [1.54, 1.807) is 0 Å². The van der Waals surface area contributed by atoms with Crippen LogP contribution >= 0.6 is 0 Å². The quantitative estimate of drug-likeness (QED) is 0.592. The number of amides is 1. The van der Waals surface area contributed by atoms with Gasteiger partial charge in [-0.05, 0) is 52.6 Å². The van der Waals surface area contributed by atoms with Crippen LogP contribution in [-0.2, 0) is 11.2 Å². The zero-order valence-electron chi connectivity index (χ0n) is 13.4. The zero-order chi connectivity index (χ0) is 17.4. The smallest absolute Gasteiger partial charge is 0.406 e. The van der Waals surface area contributed by atoms with Crippen molar-refractivity contribution in [2.75, 3.05) is 11.9 Å². The maximum atomic E-state index is 11.9. The third kappa shape index (κ3) is 5.05. The molecule has 0 radical (unpaired) electrons. The molecule has 0 bridgehead atoms. The van der Waals surface area contributed by atoms with Crippen LogP contribution in [0.5, 0.6) is 5.75 Å². The molecule has 1 aromatic heterocycles. The highest BCUT2D eigenvalue weighted by molar-refractivity contribution is 5.91. The van der Waals surface area contributed by atoms with Crippen molar-refractivity contribution in [2.45, 2.75) is 26.2 Å². The number of carbonyl (C=O) groups is 1. The van der Waals surface area contributed by atoms with E-state index in [0.717, 1.165) is 19.3 Å². The highest BCUT2D eigenvalue weighted by atomic mass is 16.6. The van der Waals surface area contributed by atoms with Crippen LogP contribution in [0.3, 0.4) is 0 Å². The van der Waals surface area contributed by atoms with Gasteiger partial charge in [0, 0.05) is 5.69 Å². The molecule has 1 heterocycles. The van der Waals surface area contributed by atoms with Gasteiger partial charge in [-0.2, -0.15) is 0 Å².